The summed E-state index contributed by atoms with van der Waals surface area (Å²) in [5.74, 6) is -0.979. The molecular formula is C15H18N2O2. The third-order valence-corrected chi connectivity index (χ3v) is 3.44. The van der Waals surface area contributed by atoms with Gasteiger partial charge in [-0.1, -0.05) is 19.1 Å². The Balaban J connectivity index is 2.40. The molecule has 2 rings (SSSR count). The summed E-state index contributed by atoms with van der Waals surface area (Å²) in [5.41, 5.74) is 7.94. The van der Waals surface area contributed by atoms with Crippen LogP contribution in [0.4, 0.5) is 0 Å². The first kappa shape index (κ1) is 13.5. The molecule has 0 bridgehead atoms. The second kappa shape index (κ2) is 5.80. The Kier molecular flexibility index (Phi) is 4.12. The van der Waals surface area contributed by atoms with E-state index in [1.165, 1.54) is 0 Å². The summed E-state index contributed by atoms with van der Waals surface area (Å²) in [5, 5.41) is 10.0. The van der Waals surface area contributed by atoms with Crippen molar-refractivity contribution < 1.29 is 9.90 Å². The first-order valence-corrected chi connectivity index (χ1v) is 6.44. The minimum atomic E-state index is -0.819. The van der Waals surface area contributed by atoms with Gasteiger partial charge in [-0.3, -0.25) is 9.78 Å². The molecule has 0 fully saturated rings. The van der Waals surface area contributed by atoms with Crippen LogP contribution in [-0.4, -0.2) is 22.1 Å². The lowest BCUT2D eigenvalue weighted by atomic mass is 9.87. The Hall–Kier alpha value is -1.94. The number of rotatable bonds is 5. The van der Waals surface area contributed by atoms with Gasteiger partial charge in [0, 0.05) is 23.5 Å². The number of carboxylic acids is 1. The van der Waals surface area contributed by atoms with E-state index in [1.807, 2.05) is 37.3 Å². The zero-order valence-corrected chi connectivity index (χ0v) is 10.9. The fraction of sp³-hybridized carbons (Fsp3) is 0.333. The maximum Gasteiger partial charge on any atom is 0.304 e. The fourth-order valence-corrected chi connectivity index (χ4v) is 2.31. The highest BCUT2D eigenvalue weighted by Crippen LogP contribution is 2.26. The molecule has 1 aromatic heterocycles. The minimum Gasteiger partial charge on any atom is -0.481 e. The Morgan fingerprint density at radius 1 is 1.42 bits per heavy atom. The van der Waals surface area contributed by atoms with Crippen molar-refractivity contribution in [1.82, 2.24) is 4.98 Å². The standard InChI is InChI=1S/C15H18N2O2/c1-2-13(16)12(9-15(18)19)10-5-6-14-11(8-10)4-3-7-17-14/h3-8,12-13H,2,9,16H2,1H3,(H,18,19). The first-order chi connectivity index (χ1) is 9.11. The van der Waals surface area contributed by atoms with Gasteiger partial charge in [-0.15, -0.1) is 0 Å². The van der Waals surface area contributed by atoms with E-state index in [2.05, 4.69) is 4.98 Å². The van der Waals surface area contributed by atoms with Gasteiger partial charge >= 0.3 is 5.97 Å². The quantitative estimate of drug-likeness (QED) is 0.864. The van der Waals surface area contributed by atoms with Gasteiger partial charge in [-0.2, -0.15) is 0 Å². The molecule has 4 nitrogen and oxygen atoms in total. The number of fused-ring (bicyclic) bond motifs is 1. The molecule has 0 amide bonds. The summed E-state index contributed by atoms with van der Waals surface area (Å²) in [6.07, 6.45) is 2.55. The number of carboxylic acid groups (broad SMARTS) is 1. The van der Waals surface area contributed by atoms with E-state index < -0.39 is 5.97 Å². The third kappa shape index (κ3) is 3.09. The molecule has 19 heavy (non-hydrogen) atoms. The molecule has 4 heteroatoms. The normalized spacial score (nSPS) is 14.2. The largest absolute Gasteiger partial charge is 0.481 e. The van der Waals surface area contributed by atoms with Crippen molar-refractivity contribution in [3.63, 3.8) is 0 Å². The van der Waals surface area contributed by atoms with Crippen LogP contribution in [0.2, 0.25) is 0 Å². The van der Waals surface area contributed by atoms with Crippen molar-refractivity contribution in [2.75, 3.05) is 0 Å². The number of nitrogens with two attached hydrogens (primary N) is 1. The van der Waals surface area contributed by atoms with E-state index in [0.717, 1.165) is 22.9 Å². The van der Waals surface area contributed by atoms with E-state index in [-0.39, 0.29) is 18.4 Å². The summed E-state index contributed by atoms with van der Waals surface area (Å²) in [7, 11) is 0. The van der Waals surface area contributed by atoms with Crippen LogP contribution in [0.3, 0.4) is 0 Å². The maximum atomic E-state index is 11.0. The zero-order chi connectivity index (χ0) is 13.8. The van der Waals surface area contributed by atoms with Gasteiger partial charge in [0.1, 0.15) is 0 Å². The predicted octanol–water partition coefficient (Wildman–Crippen LogP) is 2.53. The Bertz CT molecular complexity index is 583. The molecular weight excluding hydrogens is 240 g/mol. The number of aromatic nitrogens is 1. The summed E-state index contributed by atoms with van der Waals surface area (Å²) >= 11 is 0. The van der Waals surface area contributed by atoms with E-state index in [1.54, 1.807) is 6.20 Å². The van der Waals surface area contributed by atoms with Crippen LogP contribution < -0.4 is 5.73 Å². The van der Waals surface area contributed by atoms with Crippen LogP contribution in [-0.2, 0) is 4.79 Å². The molecule has 0 saturated heterocycles. The summed E-state index contributed by atoms with van der Waals surface area (Å²) in [6.45, 7) is 1.97. The molecule has 1 heterocycles. The van der Waals surface area contributed by atoms with Gasteiger partial charge in [-0.05, 0) is 30.2 Å². The van der Waals surface area contributed by atoms with Crippen molar-refractivity contribution in [2.24, 2.45) is 5.73 Å². The molecule has 0 spiro atoms. The molecule has 1 aromatic carbocycles. The highest BCUT2D eigenvalue weighted by Gasteiger charge is 2.21. The van der Waals surface area contributed by atoms with E-state index in [0.29, 0.717) is 0 Å². The number of pyridine rings is 1. The summed E-state index contributed by atoms with van der Waals surface area (Å²) in [6, 6.07) is 9.54. The van der Waals surface area contributed by atoms with Gasteiger partial charge in [0.25, 0.3) is 0 Å². The highest BCUT2D eigenvalue weighted by atomic mass is 16.4. The fourth-order valence-electron chi connectivity index (χ4n) is 2.31. The number of carbonyl (C=O) groups is 1. The van der Waals surface area contributed by atoms with Crippen LogP contribution >= 0.6 is 0 Å². The third-order valence-electron chi connectivity index (χ3n) is 3.44. The van der Waals surface area contributed by atoms with Crippen LogP contribution in [0.5, 0.6) is 0 Å². The van der Waals surface area contributed by atoms with Gasteiger partial charge in [0.15, 0.2) is 0 Å². The number of benzene rings is 1. The zero-order valence-electron chi connectivity index (χ0n) is 10.9. The maximum absolute atomic E-state index is 11.0. The molecule has 2 atom stereocenters. The lowest BCUT2D eigenvalue weighted by molar-refractivity contribution is -0.137. The molecule has 0 saturated carbocycles. The van der Waals surface area contributed by atoms with Crippen LogP contribution in [0.15, 0.2) is 36.5 Å². The van der Waals surface area contributed by atoms with Gasteiger partial charge < -0.3 is 10.8 Å². The lowest BCUT2D eigenvalue weighted by Gasteiger charge is -2.22. The van der Waals surface area contributed by atoms with E-state index >= 15 is 0 Å². The second-order valence-corrected chi connectivity index (χ2v) is 4.73. The second-order valence-electron chi connectivity index (χ2n) is 4.73. The van der Waals surface area contributed by atoms with Gasteiger partial charge in [-0.25, -0.2) is 0 Å². The van der Waals surface area contributed by atoms with Crippen molar-refractivity contribution in [2.45, 2.75) is 31.7 Å². The topological polar surface area (TPSA) is 76.2 Å². The van der Waals surface area contributed by atoms with E-state index in [9.17, 15) is 4.79 Å². The van der Waals surface area contributed by atoms with Gasteiger partial charge in [0.05, 0.1) is 11.9 Å². The summed E-state index contributed by atoms with van der Waals surface area (Å²) < 4.78 is 0. The molecule has 0 aliphatic rings. The molecule has 2 aromatic rings. The Morgan fingerprint density at radius 2 is 2.21 bits per heavy atom. The van der Waals surface area contributed by atoms with E-state index in [4.69, 9.17) is 10.8 Å². The average molecular weight is 258 g/mol. The smallest absolute Gasteiger partial charge is 0.304 e. The highest BCUT2D eigenvalue weighted by molar-refractivity contribution is 5.79. The number of nitrogens with zero attached hydrogens (tertiary/aromatic N) is 1. The monoisotopic (exact) mass is 258 g/mol. The number of aliphatic carboxylic acids is 1. The molecule has 0 radical (unpaired) electrons. The molecule has 100 valence electrons. The molecule has 2 unspecified atom stereocenters. The molecule has 0 aliphatic carbocycles. The Morgan fingerprint density at radius 3 is 2.89 bits per heavy atom. The number of hydrogen-bond acceptors (Lipinski definition) is 3. The Labute approximate surface area is 112 Å². The molecule has 3 N–H and O–H groups in total. The van der Waals surface area contributed by atoms with Crippen LogP contribution in [0.25, 0.3) is 10.9 Å². The summed E-state index contributed by atoms with van der Waals surface area (Å²) in [4.78, 5) is 15.3. The van der Waals surface area contributed by atoms with Crippen molar-refractivity contribution >= 4 is 16.9 Å². The first-order valence-electron chi connectivity index (χ1n) is 6.44. The van der Waals surface area contributed by atoms with Crippen molar-refractivity contribution in [1.29, 1.82) is 0 Å². The minimum absolute atomic E-state index is 0.0563. The number of hydrogen-bond donors (Lipinski definition) is 2. The predicted molar refractivity (Wildman–Crippen MR) is 75.0 cm³/mol. The lowest BCUT2D eigenvalue weighted by Crippen LogP contribution is -2.29. The average Bonchev–Trinajstić information content (AvgIpc) is 2.43. The molecule has 0 aliphatic heterocycles. The van der Waals surface area contributed by atoms with Crippen LogP contribution in [0.1, 0.15) is 31.2 Å². The van der Waals surface area contributed by atoms with Gasteiger partial charge in [0.2, 0.25) is 0 Å². The van der Waals surface area contributed by atoms with Crippen molar-refractivity contribution in [3.05, 3.63) is 42.1 Å². The van der Waals surface area contributed by atoms with Crippen molar-refractivity contribution in [3.8, 4) is 0 Å². The SMILES string of the molecule is CCC(N)C(CC(=O)O)c1ccc2ncccc2c1. The van der Waals surface area contributed by atoms with Crippen LogP contribution in [0, 0.1) is 0 Å².